The molecule has 1 saturated heterocycles. The molecule has 24 heavy (non-hydrogen) atoms. The largest absolute Gasteiger partial charge is 0.480 e. The fourth-order valence-corrected chi connectivity index (χ4v) is 4.35. The highest BCUT2D eigenvalue weighted by Gasteiger charge is 2.63. The number of carbonyl (C=O) groups is 3. The first-order valence-electron chi connectivity index (χ1n) is 8.81. The van der Waals surface area contributed by atoms with E-state index in [1.807, 2.05) is 0 Å². The number of rotatable bonds is 6. The molecule has 0 radical (unpaired) electrons. The molecule has 1 aliphatic carbocycles. The van der Waals surface area contributed by atoms with Crippen molar-refractivity contribution in [1.29, 1.82) is 0 Å². The maximum absolute atomic E-state index is 12.8. The second-order valence-corrected chi connectivity index (χ2v) is 6.89. The van der Waals surface area contributed by atoms with Gasteiger partial charge < -0.3 is 15.6 Å². The molecule has 2 fully saturated rings. The lowest BCUT2D eigenvalue weighted by molar-refractivity contribution is -0.174. The Bertz CT molecular complexity index is 513. The van der Waals surface area contributed by atoms with Crippen LogP contribution in [0.5, 0.6) is 0 Å². The molecule has 1 aliphatic heterocycles. The quantitative estimate of drug-likeness (QED) is 0.550. The van der Waals surface area contributed by atoms with Gasteiger partial charge in [-0.05, 0) is 39.5 Å². The van der Waals surface area contributed by atoms with E-state index in [0.29, 0.717) is 25.8 Å². The second kappa shape index (κ2) is 7.19. The number of ether oxygens (including phenoxy) is 1. The highest BCUT2D eigenvalue weighted by Crippen LogP contribution is 2.44. The lowest BCUT2D eigenvalue weighted by atomic mass is 9.76. The average molecular weight is 340 g/mol. The molecule has 0 amide bonds. The molecule has 2 rings (SSSR count). The van der Waals surface area contributed by atoms with Crippen LogP contribution < -0.4 is 5.73 Å². The first-order valence-corrected chi connectivity index (χ1v) is 8.81. The fraction of sp³-hybridized carbons (Fsp3) is 0.824. The molecular weight excluding hydrogens is 312 g/mol. The van der Waals surface area contributed by atoms with Gasteiger partial charge in [0.2, 0.25) is 0 Å². The van der Waals surface area contributed by atoms with Crippen LogP contribution in [0.3, 0.4) is 0 Å². The van der Waals surface area contributed by atoms with Crippen molar-refractivity contribution in [2.24, 2.45) is 5.73 Å². The highest BCUT2D eigenvalue weighted by atomic mass is 16.5. The average Bonchev–Trinajstić information content (AvgIpc) is 3.01. The Balaban J connectivity index is 2.52. The maximum atomic E-state index is 12.8. The minimum Gasteiger partial charge on any atom is -0.480 e. The van der Waals surface area contributed by atoms with Gasteiger partial charge in [-0.2, -0.15) is 0 Å². The Kier molecular flexibility index (Phi) is 5.65. The number of carboxylic acids is 1. The molecule has 1 saturated carbocycles. The Morgan fingerprint density at radius 2 is 1.79 bits per heavy atom. The first-order chi connectivity index (χ1) is 11.3. The molecule has 3 N–H and O–H groups in total. The summed E-state index contributed by atoms with van der Waals surface area (Å²) in [6.07, 6.45) is 4.40. The zero-order valence-corrected chi connectivity index (χ0v) is 14.5. The van der Waals surface area contributed by atoms with Gasteiger partial charge in [-0.25, -0.2) is 4.79 Å². The summed E-state index contributed by atoms with van der Waals surface area (Å²) in [6, 6.07) is -0.899. The van der Waals surface area contributed by atoms with E-state index < -0.39 is 34.8 Å². The van der Waals surface area contributed by atoms with Gasteiger partial charge in [0.15, 0.2) is 11.3 Å². The van der Waals surface area contributed by atoms with Crippen molar-refractivity contribution in [3.05, 3.63) is 0 Å². The van der Waals surface area contributed by atoms with Crippen molar-refractivity contribution in [3.8, 4) is 0 Å². The molecule has 0 aromatic rings. The van der Waals surface area contributed by atoms with Gasteiger partial charge >= 0.3 is 11.9 Å². The number of aliphatic carboxylic acids is 1. The van der Waals surface area contributed by atoms with Gasteiger partial charge in [-0.1, -0.05) is 19.3 Å². The van der Waals surface area contributed by atoms with Gasteiger partial charge in [0.1, 0.15) is 5.54 Å². The smallest absolute Gasteiger partial charge is 0.332 e. The Morgan fingerprint density at radius 3 is 2.29 bits per heavy atom. The van der Waals surface area contributed by atoms with E-state index >= 15 is 0 Å². The third kappa shape index (κ3) is 2.84. The number of ketones is 1. The Morgan fingerprint density at radius 1 is 1.17 bits per heavy atom. The topological polar surface area (TPSA) is 110 Å². The summed E-state index contributed by atoms with van der Waals surface area (Å²) in [5.74, 6) is -2.15. The fourth-order valence-electron chi connectivity index (χ4n) is 4.35. The third-order valence-corrected chi connectivity index (χ3v) is 5.41. The molecule has 0 bridgehead atoms. The number of carbonyl (C=O) groups excluding carboxylic acids is 2. The van der Waals surface area contributed by atoms with Crippen molar-refractivity contribution >= 4 is 17.7 Å². The van der Waals surface area contributed by atoms with Crippen LogP contribution in [-0.2, 0) is 19.1 Å². The van der Waals surface area contributed by atoms with Crippen LogP contribution in [0.1, 0.15) is 58.8 Å². The van der Waals surface area contributed by atoms with E-state index in [1.165, 1.54) is 6.92 Å². The first kappa shape index (κ1) is 18.9. The van der Waals surface area contributed by atoms with Crippen LogP contribution in [0.2, 0.25) is 0 Å². The summed E-state index contributed by atoms with van der Waals surface area (Å²) in [5, 5.41) is 9.94. The predicted molar refractivity (Wildman–Crippen MR) is 87.4 cm³/mol. The van der Waals surface area contributed by atoms with Gasteiger partial charge in [-0.15, -0.1) is 0 Å². The molecule has 7 heteroatoms. The van der Waals surface area contributed by atoms with Crippen molar-refractivity contribution in [3.63, 3.8) is 0 Å². The minimum atomic E-state index is -1.72. The zero-order valence-electron chi connectivity index (χ0n) is 14.5. The summed E-state index contributed by atoms with van der Waals surface area (Å²) in [7, 11) is 0. The molecule has 0 spiro atoms. The number of nitrogens with zero attached hydrogens (tertiary/aromatic N) is 1. The lowest BCUT2D eigenvalue weighted by Gasteiger charge is -2.48. The summed E-state index contributed by atoms with van der Waals surface area (Å²) in [5.41, 5.74) is 2.99. The van der Waals surface area contributed by atoms with Crippen LogP contribution in [0.25, 0.3) is 0 Å². The number of Topliss-reactive ketones (excluding diaryl/α,β-unsaturated/α-hetero) is 1. The number of nitrogens with two attached hydrogens (primary N) is 1. The monoisotopic (exact) mass is 340 g/mol. The highest BCUT2D eigenvalue weighted by molar-refractivity contribution is 6.10. The van der Waals surface area contributed by atoms with Gasteiger partial charge in [0, 0.05) is 6.54 Å². The normalized spacial score (nSPS) is 28.3. The van der Waals surface area contributed by atoms with Crippen LogP contribution in [0.4, 0.5) is 0 Å². The Labute approximate surface area is 142 Å². The van der Waals surface area contributed by atoms with Crippen molar-refractivity contribution in [2.45, 2.75) is 75.9 Å². The lowest BCUT2D eigenvalue weighted by Crippen LogP contribution is -2.70. The van der Waals surface area contributed by atoms with E-state index in [4.69, 9.17) is 10.5 Å². The van der Waals surface area contributed by atoms with E-state index in [0.717, 1.165) is 19.3 Å². The molecule has 2 atom stereocenters. The summed E-state index contributed by atoms with van der Waals surface area (Å²) in [4.78, 5) is 39.4. The predicted octanol–water partition coefficient (Wildman–Crippen LogP) is 1.09. The SMILES string of the molecule is CCOC(=O)C1(N2CCCC2(C(=O)O)C(=O)C(C)N)CCCCC1. The number of hydrogen-bond donors (Lipinski definition) is 2. The number of carboxylic acid groups (broad SMARTS) is 1. The molecule has 1 heterocycles. The van der Waals surface area contributed by atoms with E-state index in [9.17, 15) is 19.5 Å². The van der Waals surface area contributed by atoms with Crippen LogP contribution in [0, 0.1) is 0 Å². The molecule has 136 valence electrons. The van der Waals surface area contributed by atoms with E-state index in [2.05, 4.69) is 0 Å². The van der Waals surface area contributed by atoms with E-state index in [1.54, 1.807) is 11.8 Å². The van der Waals surface area contributed by atoms with Gasteiger partial charge in [-0.3, -0.25) is 14.5 Å². The van der Waals surface area contributed by atoms with E-state index in [-0.39, 0.29) is 13.0 Å². The van der Waals surface area contributed by atoms with Gasteiger partial charge in [0.05, 0.1) is 12.6 Å². The number of esters is 1. The van der Waals surface area contributed by atoms with Crippen molar-refractivity contribution in [2.75, 3.05) is 13.2 Å². The second-order valence-electron chi connectivity index (χ2n) is 6.89. The number of hydrogen-bond acceptors (Lipinski definition) is 6. The zero-order chi connectivity index (χ0) is 18.0. The standard InChI is InChI=1S/C17H28N2O5/c1-3-24-15(23)16(8-5-4-6-9-16)19-11-7-10-17(19,14(21)22)13(20)12(2)18/h12H,3-11,18H2,1-2H3,(H,21,22). The molecule has 7 nitrogen and oxygen atoms in total. The third-order valence-electron chi connectivity index (χ3n) is 5.41. The van der Waals surface area contributed by atoms with Crippen LogP contribution in [-0.4, -0.2) is 58.0 Å². The van der Waals surface area contributed by atoms with Crippen molar-refractivity contribution < 1.29 is 24.2 Å². The molecule has 2 unspecified atom stereocenters. The molecule has 0 aromatic heterocycles. The van der Waals surface area contributed by atoms with Gasteiger partial charge in [0.25, 0.3) is 0 Å². The van der Waals surface area contributed by atoms with Crippen LogP contribution in [0.15, 0.2) is 0 Å². The molecular formula is C17H28N2O5. The summed E-state index contributed by atoms with van der Waals surface area (Å²) >= 11 is 0. The molecule has 2 aliphatic rings. The summed E-state index contributed by atoms with van der Waals surface area (Å²) in [6.45, 7) is 3.86. The summed E-state index contributed by atoms with van der Waals surface area (Å²) < 4.78 is 5.29. The number of likely N-dealkylation sites (tertiary alicyclic amines) is 1. The van der Waals surface area contributed by atoms with Crippen LogP contribution >= 0.6 is 0 Å². The Hall–Kier alpha value is -1.47. The molecule has 0 aromatic carbocycles. The minimum absolute atomic E-state index is 0.184. The maximum Gasteiger partial charge on any atom is 0.332 e. The van der Waals surface area contributed by atoms with Crippen molar-refractivity contribution in [1.82, 2.24) is 4.90 Å².